The van der Waals surface area contributed by atoms with E-state index in [1.54, 1.807) is 0 Å². The van der Waals surface area contributed by atoms with Crippen LogP contribution in [0.1, 0.15) is 71.4 Å². The number of hydrogen-bond donors (Lipinski definition) is 3. The van der Waals surface area contributed by atoms with Gasteiger partial charge in [0.2, 0.25) is 0 Å². The maximum Gasteiger partial charge on any atom is 0.188 e. The average Bonchev–Trinajstić information content (AvgIpc) is 2.67. The van der Waals surface area contributed by atoms with Crippen molar-refractivity contribution in [3.05, 3.63) is 35.9 Å². The maximum absolute atomic E-state index is 6.20. The van der Waals surface area contributed by atoms with E-state index in [1.165, 1.54) is 18.4 Å². The number of benzene rings is 1. The van der Waals surface area contributed by atoms with E-state index < -0.39 is 0 Å². The van der Waals surface area contributed by atoms with Gasteiger partial charge in [0.15, 0.2) is 5.96 Å². The molecule has 166 valence electrons. The standard InChI is InChI=1S/C23H40N4O.HI/c1-18(2)9-8-10-19(3)26-22(24)25-17-23(13-15-28-16-14-23)27-20(4)21-11-6-5-7-12-21;/h5-7,11-12,18-20,27H,8-10,13-17H2,1-4H3,(H3,24,25,26);1H. The third-order valence-electron chi connectivity index (χ3n) is 5.64. The second kappa shape index (κ2) is 13.4. The molecule has 1 aromatic carbocycles. The second-order valence-corrected chi connectivity index (χ2v) is 8.74. The van der Waals surface area contributed by atoms with Crippen LogP contribution in [0.5, 0.6) is 0 Å². The molecule has 0 aromatic heterocycles. The van der Waals surface area contributed by atoms with Crippen LogP contribution < -0.4 is 16.4 Å². The van der Waals surface area contributed by atoms with Gasteiger partial charge < -0.3 is 21.1 Å². The lowest BCUT2D eigenvalue weighted by molar-refractivity contribution is 0.0374. The molecule has 5 nitrogen and oxygen atoms in total. The first-order chi connectivity index (χ1) is 13.4. The molecule has 1 saturated heterocycles. The Bertz CT molecular complexity index is 588. The van der Waals surface area contributed by atoms with Crippen molar-refractivity contribution in [2.24, 2.45) is 16.6 Å². The summed E-state index contributed by atoms with van der Waals surface area (Å²) < 4.78 is 5.61. The highest BCUT2D eigenvalue weighted by Crippen LogP contribution is 2.26. The van der Waals surface area contributed by atoms with Crippen molar-refractivity contribution >= 4 is 29.9 Å². The van der Waals surface area contributed by atoms with E-state index in [1.807, 2.05) is 0 Å². The molecule has 1 heterocycles. The van der Waals surface area contributed by atoms with Crippen LogP contribution in [-0.4, -0.2) is 37.3 Å². The van der Waals surface area contributed by atoms with E-state index in [0.717, 1.165) is 38.4 Å². The number of aliphatic imine (C=N–C) groups is 1. The van der Waals surface area contributed by atoms with Crippen molar-refractivity contribution in [3.63, 3.8) is 0 Å². The van der Waals surface area contributed by atoms with E-state index in [4.69, 9.17) is 15.5 Å². The Balaban J connectivity index is 0.00000420. The van der Waals surface area contributed by atoms with E-state index in [0.29, 0.717) is 18.5 Å². The number of ether oxygens (including phenoxy) is 1. The summed E-state index contributed by atoms with van der Waals surface area (Å²) >= 11 is 0. The molecular formula is C23H41IN4O. The second-order valence-electron chi connectivity index (χ2n) is 8.74. The van der Waals surface area contributed by atoms with Crippen molar-refractivity contribution in [1.82, 2.24) is 10.6 Å². The fraction of sp³-hybridized carbons (Fsp3) is 0.696. The summed E-state index contributed by atoms with van der Waals surface area (Å²) in [6.45, 7) is 11.1. The van der Waals surface area contributed by atoms with Crippen molar-refractivity contribution in [2.45, 2.75) is 77.4 Å². The molecule has 0 radical (unpaired) electrons. The van der Waals surface area contributed by atoms with Crippen LogP contribution >= 0.6 is 24.0 Å². The van der Waals surface area contributed by atoms with Gasteiger partial charge in [0.1, 0.15) is 0 Å². The highest BCUT2D eigenvalue weighted by Gasteiger charge is 2.33. The van der Waals surface area contributed by atoms with Gasteiger partial charge in [-0.2, -0.15) is 0 Å². The molecule has 0 saturated carbocycles. The van der Waals surface area contributed by atoms with Gasteiger partial charge in [0.25, 0.3) is 0 Å². The lowest BCUT2D eigenvalue weighted by Crippen LogP contribution is -2.53. The quantitative estimate of drug-likeness (QED) is 0.241. The summed E-state index contributed by atoms with van der Waals surface area (Å²) in [7, 11) is 0. The van der Waals surface area contributed by atoms with Crippen molar-refractivity contribution in [3.8, 4) is 0 Å². The minimum absolute atomic E-state index is 0. The van der Waals surface area contributed by atoms with Crippen LogP contribution in [0.25, 0.3) is 0 Å². The minimum Gasteiger partial charge on any atom is -0.381 e. The SMILES string of the molecule is CC(C)CCCC(C)NC(N)=NCC1(NC(C)c2ccccc2)CCOCC1.I. The molecular weight excluding hydrogens is 475 g/mol. The number of hydrogen-bond acceptors (Lipinski definition) is 3. The molecule has 2 rings (SSSR count). The molecule has 0 bridgehead atoms. The first-order valence-corrected chi connectivity index (χ1v) is 10.9. The summed E-state index contributed by atoms with van der Waals surface area (Å²) in [5.74, 6) is 1.31. The molecule has 6 heteroatoms. The van der Waals surface area contributed by atoms with Gasteiger partial charge >= 0.3 is 0 Å². The van der Waals surface area contributed by atoms with Crippen LogP contribution in [-0.2, 0) is 4.74 Å². The zero-order valence-corrected chi connectivity index (χ0v) is 20.9. The lowest BCUT2D eigenvalue weighted by Gasteiger charge is -2.39. The Morgan fingerprint density at radius 3 is 2.38 bits per heavy atom. The Morgan fingerprint density at radius 2 is 1.76 bits per heavy atom. The van der Waals surface area contributed by atoms with Gasteiger partial charge in [-0.25, -0.2) is 0 Å². The molecule has 0 amide bonds. The van der Waals surface area contributed by atoms with Gasteiger partial charge in [-0.3, -0.25) is 4.99 Å². The molecule has 2 unspecified atom stereocenters. The Labute approximate surface area is 194 Å². The molecule has 29 heavy (non-hydrogen) atoms. The largest absolute Gasteiger partial charge is 0.381 e. The minimum atomic E-state index is -0.0688. The summed E-state index contributed by atoms with van der Waals surface area (Å²) in [6.07, 6.45) is 5.50. The first-order valence-electron chi connectivity index (χ1n) is 10.9. The van der Waals surface area contributed by atoms with Gasteiger partial charge in [-0.05, 0) is 44.6 Å². The third kappa shape index (κ3) is 9.66. The van der Waals surface area contributed by atoms with Crippen LogP contribution in [0.15, 0.2) is 35.3 Å². The highest BCUT2D eigenvalue weighted by atomic mass is 127. The molecule has 1 aliphatic rings. The van der Waals surface area contributed by atoms with Gasteiger partial charge in [-0.1, -0.05) is 57.0 Å². The van der Waals surface area contributed by atoms with Gasteiger partial charge in [0, 0.05) is 30.8 Å². The zero-order valence-electron chi connectivity index (χ0n) is 18.6. The topological polar surface area (TPSA) is 71.7 Å². The molecule has 2 atom stereocenters. The number of nitrogens with one attached hydrogen (secondary N) is 2. The van der Waals surface area contributed by atoms with Crippen LogP contribution in [0.4, 0.5) is 0 Å². The summed E-state index contributed by atoms with van der Waals surface area (Å²) in [5, 5.41) is 7.20. The molecule has 1 aromatic rings. The van der Waals surface area contributed by atoms with Crippen LogP contribution in [0, 0.1) is 5.92 Å². The monoisotopic (exact) mass is 516 g/mol. The fourth-order valence-corrected chi connectivity index (χ4v) is 3.83. The summed E-state index contributed by atoms with van der Waals surface area (Å²) in [5.41, 5.74) is 7.43. The average molecular weight is 517 g/mol. The van der Waals surface area contributed by atoms with Crippen molar-refractivity contribution in [2.75, 3.05) is 19.8 Å². The van der Waals surface area contributed by atoms with Crippen molar-refractivity contribution in [1.29, 1.82) is 0 Å². The molecule has 1 aliphatic heterocycles. The predicted octanol–water partition coefficient (Wildman–Crippen LogP) is 4.62. The number of nitrogens with zero attached hydrogens (tertiary/aromatic N) is 1. The molecule has 1 fully saturated rings. The summed E-state index contributed by atoms with van der Waals surface area (Å²) in [6, 6.07) is 11.2. The molecule has 0 spiro atoms. The number of guanidine groups is 1. The maximum atomic E-state index is 6.20. The molecule has 0 aliphatic carbocycles. The number of nitrogens with two attached hydrogens (primary N) is 1. The zero-order chi connectivity index (χ0) is 20.4. The predicted molar refractivity (Wildman–Crippen MR) is 134 cm³/mol. The van der Waals surface area contributed by atoms with Crippen molar-refractivity contribution < 1.29 is 4.74 Å². The first kappa shape index (κ1) is 26.2. The van der Waals surface area contributed by atoms with E-state index >= 15 is 0 Å². The van der Waals surface area contributed by atoms with E-state index in [9.17, 15) is 0 Å². The Hall–Kier alpha value is -0.860. The van der Waals surface area contributed by atoms with E-state index in [-0.39, 0.29) is 35.6 Å². The fourth-order valence-electron chi connectivity index (χ4n) is 3.83. The summed E-state index contributed by atoms with van der Waals surface area (Å²) in [4.78, 5) is 4.72. The smallest absolute Gasteiger partial charge is 0.188 e. The normalized spacial score (nSPS) is 18.7. The number of rotatable bonds is 10. The van der Waals surface area contributed by atoms with Gasteiger partial charge in [-0.15, -0.1) is 24.0 Å². The highest BCUT2D eigenvalue weighted by molar-refractivity contribution is 14.0. The lowest BCUT2D eigenvalue weighted by atomic mass is 9.88. The molecule has 4 N–H and O–H groups in total. The Kier molecular flexibility index (Phi) is 12.1. The van der Waals surface area contributed by atoms with Crippen LogP contribution in [0.3, 0.4) is 0 Å². The number of halogens is 1. The third-order valence-corrected chi connectivity index (χ3v) is 5.64. The van der Waals surface area contributed by atoms with E-state index in [2.05, 4.69) is 68.7 Å². The van der Waals surface area contributed by atoms with Gasteiger partial charge in [0.05, 0.1) is 6.54 Å². The Morgan fingerprint density at radius 1 is 1.10 bits per heavy atom. The van der Waals surface area contributed by atoms with Crippen LogP contribution in [0.2, 0.25) is 0 Å².